The molecule has 6 rings (SSSR count). The highest BCUT2D eigenvalue weighted by molar-refractivity contribution is 7.92. The Morgan fingerprint density at radius 1 is 0.938 bits per heavy atom. The van der Waals surface area contributed by atoms with E-state index in [1.807, 2.05) is 0 Å². The van der Waals surface area contributed by atoms with Gasteiger partial charge < -0.3 is 18.9 Å². The van der Waals surface area contributed by atoms with Crippen molar-refractivity contribution in [3.05, 3.63) is 90.0 Å². The third-order valence-electron chi connectivity index (χ3n) is 7.76. The number of hydrogen-bond donors (Lipinski definition) is 1. The number of nitrogens with one attached hydrogen (secondary N) is 1. The Hall–Kier alpha value is -5.37. The molecule has 0 aliphatic heterocycles. The predicted octanol–water partition coefficient (Wildman–Crippen LogP) is 7.30. The van der Waals surface area contributed by atoms with E-state index in [-0.39, 0.29) is 61.8 Å². The normalized spacial score (nSPS) is 11.8. The Morgan fingerprint density at radius 2 is 1.65 bits per heavy atom. The van der Waals surface area contributed by atoms with Crippen LogP contribution in [-0.4, -0.2) is 59.1 Å². The van der Waals surface area contributed by atoms with E-state index in [9.17, 15) is 30.8 Å². The molecule has 2 aromatic heterocycles. The van der Waals surface area contributed by atoms with Crippen LogP contribution in [0.15, 0.2) is 81.6 Å². The van der Waals surface area contributed by atoms with E-state index in [0.717, 1.165) is 6.26 Å². The lowest BCUT2D eigenvalue weighted by molar-refractivity contribution is 0.0964. The van der Waals surface area contributed by atoms with E-state index in [4.69, 9.17) is 13.6 Å². The van der Waals surface area contributed by atoms with Gasteiger partial charge >= 0.3 is 0 Å². The highest BCUT2D eigenvalue weighted by Gasteiger charge is 2.32. The number of halogens is 4. The van der Waals surface area contributed by atoms with Crippen molar-refractivity contribution < 1.29 is 44.3 Å². The molecule has 0 saturated heterocycles. The predicted molar refractivity (Wildman–Crippen MR) is 173 cm³/mol. The summed E-state index contributed by atoms with van der Waals surface area (Å²) in [4.78, 5) is 17.6. The molecule has 248 valence electrons. The number of furan rings is 1. The molecule has 6 aromatic rings. The van der Waals surface area contributed by atoms with Gasteiger partial charge in [0.25, 0.3) is 5.91 Å². The molecule has 0 unspecified atom stereocenters. The van der Waals surface area contributed by atoms with Gasteiger partial charge in [0.05, 0.1) is 30.2 Å². The third-order valence-corrected chi connectivity index (χ3v) is 8.97. The van der Waals surface area contributed by atoms with Gasteiger partial charge in [-0.05, 0) is 60.2 Å². The Kier molecular flexibility index (Phi) is 8.60. The first kappa shape index (κ1) is 32.6. The summed E-state index contributed by atoms with van der Waals surface area (Å²) >= 11 is 0. The summed E-state index contributed by atoms with van der Waals surface area (Å²) < 4.78 is 101. The van der Waals surface area contributed by atoms with Crippen LogP contribution in [0.25, 0.3) is 56.0 Å². The number of carbonyl (C=O) groups excluding carboxylic acids is 1. The van der Waals surface area contributed by atoms with Gasteiger partial charge in [0.2, 0.25) is 15.9 Å². The van der Waals surface area contributed by atoms with Crippen molar-refractivity contribution in [3.63, 3.8) is 0 Å². The molecule has 0 radical (unpaired) electrons. The standard InChI is InChI=1S/C34H27F4N3O6S/c1-39-33(42)30-23-14-22(19-9-12-27(45-2)24(13-19)34-40-31-25(38)5-4-6-28(31)47-34)26(41(48(3,43)44)21(16-35)17-36)15-29(23)46-32(30)18-7-10-20(37)11-8-18/h4-15,21H,16-17H2,1-3H3,(H,39,42). The summed E-state index contributed by atoms with van der Waals surface area (Å²) in [7, 11) is -1.52. The fraction of sp³-hybridized carbons (Fsp3) is 0.176. The molecule has 1 N–H and O–H groups in total. The third kappa shape index (κ3) is 5.72. The number of fused-ring (bicyclic) bond motifs is 2. The zero-order valence-corrected chi connectivity index (χ0v) is 26.5. The van der Waals surface area contributed by atoms with Crippen LogP contribution in [0.5, 0.6) is 5.75 Å². The highest BCUT2D eigenvalue weighted by Crippen LogP contribution is 2.44. The Labute approximate surface area is 271 Å². The smallest absolute Gasteiger partial charge is 0.255 e. The molecule has 4 aromatic carbocycles. The van der Waals surface area contributed by atoms with Crippen LogP contribution >= 0.6 is 0 Å². The molecule has 0 atom stereocenters. The number of methoxy groups -OCH3 is 1. The molecule has 1 amide bonds. The topological polar surface area (TPSA) is 115 Å². The molecule has 9 nitrogen and oxygen atoms in total. The number of oxazole rings is 1. The number of anilines is 1. The summed E-state index contributed by atoms with van der Waals surface area (Å²) in [6, 6.07) is 15.1. The van der Waals surface area contributed by atoms with Gasteiger partial charge in [-0.2, -0.15) is 0 Å². The van der Waals surface area contributed by atoms with Crippen LogP contribution in [0, 0.1) is 11.6 Å². The average molecular weight is 682 g/mol. The number of aromatic nitrogens is 1. The van der Waals surface area contributed by atoms with E-state index in [1.165, 1.54) is 80.9 Å². The van der Waals surface area contributed by atoms with E-state index in [1.54, 1.807) is 6.07 Å². The van der Waals surface area contributed by atoms with Crippen molar-refractivity contribution in [1.82, 2.24) is 10.3 Å². The summed E-state index contributed by atoms with van der Waals surface area (Å²) in [5.41, 5.74) is 1.06. The van der Waals surface area contributed by atoms with Gasteiger partial charge in [0, 0.05) is 29.6 Å². The first-order chi connectivity index (χ1) is 23.0. The maximum Gasteiger partial charge on any atom is 0.255 e. The number of alkyl halides is 2. The van der Waals surface area contributed by atoms with Crippen LogP contribution in [0.3, 0.4) is 0 Å². The molecule has 48 heavy (non-hydrogen) atoms. The van der Waals surface area contributed by atoms with Gasteiger partial charge in [-0.3, -0.25) is 9.10 Å². The maximum atomic E-state index is 14.5. The summed E-state index contributed by atoms with van der Waals surface area (Å²) in [6.45, 7) is -2.71. The lowest BCUT2D eigenvalue weighted by atomic mass is 9.96. The van der Waals surface area contributed by atoms with Crippen molar-refractivity contribution in [1.29, 1.82) is 0 Å². The zero-order chi connectivity index (χ0) is 34.3. The van der Waals surface area contributed by atoms with Crippen LogP contribution in [0.1, 0.15) is 10.4 Å². The first-order valence-electron chi connectivity index (χ1n) is 14.4. The Bertz CT molecular complexity index is 2280. The molecular formula is C34H27F4N3O6S. The molecule has 0 saturated carbocycles. The second kappa shape index (κ2) is 12.7. The minimum atomic E-state index is -4.33. The number of carbonyl (C=O) groups is 1. The molecule has 0 fully saturated rings. The largest absolute Gasteiger partial charge is 0.496 e. The molecule has 14 heteroatoms. The monoisotopic (exact) mass is 681 g/mol. The van der Waals surface area contributed by atoms with E-state index >= 15 is 0 Å². The lowest BCUT2D eigenvalue weighted by Gasteiger charge is -2.30. The van der Waals surface area contributed by atoms with Crippen molar-refractivity contribution in [3.8, 4) is 39.7 Å². The van der Waals surface area contributed by atoms with E-state index in [2.05, 4.69) is 10.3 Å². The van der Waals surface area contributed by atoms with E-state index < -0.39 is 47.0 Å². The van der Waals surface area contributed by atoms with Gasteiger partial charge in [-0.15, -0.1) is 0 Å². The van der Waals surface area contributed by atoms with Crippen LogP contribution in [0.2, 0.25) is 0 Å². The number of ether oxygens (including phenoxy) is 1. The van der Waals surface area contributed by atoms with Crippen molar-refractivity contribution in [2.45, 2.75) is 6.04 Å². The lowest BCUT2D eigenvalue weighted by Crippen LogP contribution is -2.43. The highest BCUT2D eigenvalue weighted by atomic mass is 32.2. The fourth-order valence-electron chi connectivity index (χ4n) is 5.59. The second-order valence-electron chi connectivity index (χ2n) is 10.8. The number of rotatable bonds is 10. The van der Waals surface area contributed by atoms with Crippen LogP contribution < -0.4 is 14.4 Å². The summed E-state index contributed by atoms with van der Waals surface area (Å²) in [5, 5.41) is 2.78. The second-order valence-corrected chi connectivity index (χ2v) is 12.7. The van der Waals surface area contributed by atoms with Gasteiger partial charge in [-0.1, -0.05) is 12.1 Å². The van der Waals surface area contributed by atoms with Crippen molar-refractivity contribution >= 4 is 43.7 Å². The quantitative estimate of drug-likeness (QED) is 0.151. The minimum Gasteiger partial charge on any atom is -0.496 e. The fourth-order valence-corrected chi connectivity index (χ4v) is 6.75. The van der Waals surface area contributed by atoms with Crippen molar-refractivity contribution in [2.24, 2.45) is 0 Å². The van der Waals surface area contributed by atoms with Gasteiger partial charge in [0.15, 0.2) is 11.4 Å². The number of nitrogens with zero attached hydrogens (tertiary/aromatic N) is 2. The summed E-state index contributed by atoms with van der Waals surface area (Å²) in [5.74, 6) is -1.40. The Balaban J connectivity index is 1.69. The zero-order valence-electron chi connectivity index (χ0n) is 25.7. The Morgan fingerprint density at radius 3 is 2.27 bits per heavy atom. The number of benzene rings is 4. The number of sulfonamides is 1. The maximum absolute atomic E-state index is 14.5. The number of amides is 1. The van der Waals surface area contributed by atoms with Gasteiger partial charge in [-0.25, -0.2) is 31.0 Å². The molecule has 2 heterocycles. The van der Waals surface area contributed by atoms with Crippen LogP contribution in [-0.2, 0) is 10.0 Å². The van der Waals surface area contributed by atoms with Crippen LogP contribution in [0.4, 0.5) is 23.2 Å². The molecular weight excluding hydrogens is 654 g/mol. The van der Waals surface area contributed by atoms with Crippen molar-refractivity contribution in [2.75, 3.05) is 38.1 Å². The first-order valence-corrected chi connectivity index (χ1v) is 16.3. The van der Waals surface area contributed by atoms with E-state index in [0.29, 0.717) is 15.4 Å². The minimum absolute atomic E-state index is 0.0138. The average Bonchev–Trinajstić information content (AvgIpc) is 3.68. The molecule has 0 spiro atoms. The van der Waals surface area contributed by atoms with Gasteiger partial charge in [0.1, 0.15) is 47.8 Å². The molecule has 0 bridgehead atoms. The number of hydrogen-bond acceptors (Lipinski definition) is 7. The molecule has 0 aliphatic carbocycles. The summed E-state index contributed by atoms with van der Waals surface area (Å²) in [6.07, 6.45) is 0.813. The number of para-hydroxylation sites is 1. The molecule has 0 aliphatic rings. The SMILES string of the molecule is CNC(=O)c1c(-c2ccc(F)cc2)oc2cc(N(C(CF)CF)S(C)(=O)=O)c(-c3ccc(OC)c(-c4nc5c(F)cccc5o4)c3)cc12.